The van der Waals surface area contributed by atoms with Gasteiger partial charge in [-0.2, -0.15) is 0 Å². The maximum atomic E-state index is 5.30. The molecule has 0 saturated carbocycles. The van der Waals surface area contributed by atoms with E-state index in [1.54, 1.807) is 0 Å². The molecule has 3 aromatic heterocycles. The zero-order valence-electron chi connectivity index (χ0n) is 25.5. The van der Waals surface area contributed by atoms with Gasteiger partial charge in [-0.25, -0.2) is 4.98 Å². The number of hydrogen-bond donors (Lipinski definition) is 0. The van der Waals surface area contributed by atoms with Crippen LogP contribution in [0.5, 0.6) is 0 Å². The van der Waals surface area contributed by atoms with Gasteiger partial charge in [0.15, 0.2) is 0 Å². The second-order valence-electron chi connectivity index (χ2n) is 12.0. The third-order valence-corrected chi connectivity index (χ3v) is 9.45. The number of para-hydroxylation sites is 7. The van der Waals surface area contributed by atoms with Crippen molar-refractivity contribution in [2.45, 2.75) is 0 Å². The molecule has 10 aromatic rings. The lowest BCUT2D eigenvalue weighted by molar-refractivity contribution is 1.02. The molecule has 0 aliphatic rings. The Morgan fingerprint density at radius 2 is 0.723 bits per heavy atom. The Kier molecular flexibility index (Phi) is 5.54. The van der Waals surface area contributed by atoms with Crippen LogP contribution >= 0.6 is 0 Å². The standard InChI is InChI=1S/C43H28N4/c1-2-15-29(16-3-1)43-44-34-21-8-13-26-39(34)47(43)42-40(45-35-22-9-4-17-30(35)31-18-5-10-23-36(31)45)27-14-28-41(42)46-37-24-11-6-19-32(37)33-20-7-12-25-38(33)46/h1-28H. The highest BCUT2D eigenvalue weighted by Gasteiger charge is 2.25. The number of hydrogen-bond acceptors (Lipinski definition) is 1. The molecule has 47 heavy (non-hydrogen) atoms. The number of benzene rings is 7. The second kappa shape index (κ2) is 10.1. The smallest absolute Gasteiger partial charge is 0.145 e. The minimum Gasteiger partial charge on any atom is -0.307 e. The van der Waals surface area contributed by atoms with Crippen LogP contribution in [-0.4, -0.2) is 18.7 Å². The van der Waals surface area contributed by atoms with Crippen molar-refractivity contribution < 1.29 is 0 Å². The van der Waals surface area contributed by atoms with Gasteiger partial charge in [0.2, 0.25) is 0 Å². The molecule has 0 aliphatic heterocycles. The molecule has 0 N–H and O–H groups in total. The Hall–Kier alpha value is -6.39. The van der Waals surface area contributed by atoms with Gasteiger partial charge in [-0.05, 0) is 48.5 Å². The molecule has 0 unspecified atom stereocenters. The van der Waals surface area contributed by atoms with Crippen molar-refractivity contribution >= 4 is 54.6 Å². The summed E-state index contributed by atoms with van der Waals surface area (Å²) < 4.78 is 7.24. The summed E-state index contributed by atoms with van der Waals surface area (Å²) in [6.45, 7) is 0. The normalized spacial score (nSPS) is 11.8. The molecule has 220 valence electrons. The van der Waals surface area contributed by atoms with E-state index < -0.39 is 0 Å². The van der Waals surface area contributed by atoms with Gasteiger partial charge in [0, 0.05) is 27.1 Å². The summed E-state index contributed by atoms with van der Waals surface area (Å²) in [5.41, 5.74) is 11.0. The number of aromatic nitrogens is 4. The Bertz CT molecular complexity index is 2560. The molecular formula is C43H28N4. The fraction of sp³-hybridized carbons (Fsp3) is 0. The van der Waals surface area contributed by atoms with Crippen LogP contribution in [0.2, 0.25) is 0 Å². The highest BCUT2D eigenvalue weighted by molar-refractivity contribution is 6.11. The van der Waals surface area contributed by atoms with Crippen LogP contribution in [-0.2, 0) is 0 Å². The lowest BCUT2D eigenvalue weighted by Gasteiger charge is -2.22. The average Bonchev–Trinajstić information content (AvgIpc) is 3.80. The number of fused-ring (bicyclic) bond motifs is 7. The first-order chi connectivity index (χ1) is 23.4. The van der Waals surface area contributed by atoms with E-state index in [9.17, 15) is 0 Å². The first-order valence-corrected chi connectivity index (χ1v) is 16.0. The van der Waals surface area contributed by atoms with Crippen molar-refractivity contribution in [3.8, 4) is 28.5 Å². The van der Waals surface area contributed by atoms with Crippen LogP contribution in [0.25, 0.3) is 83.1 Å². The number of rotatable bonds is 4. The average molecular weight is 601 g/mol. The van der Waals surface area contributed by atoms with Crippen LogP contribution in [0.15, 0.2) is 170 Å². The molecule has 10 rings (SSSR count). The molecule has 0 amide bonds. The summed E-state index contributed by atoms with van der Waals surface area (Å²) in [5, 5.41) is 4.93. The zero-order chi connectivity index (χ0) is 30.9. The summed E-state index contributed by atoms with van der Waals surface area (Å²) in [6.07, 6.45) is 0. The topological polar surface area (TPSA) is 27.7 Å². The summed E-state index contributed by atoms with van der Waals surface area (Å²) in [5.74, 6) is 0.905. The van der Waals surface area contributed by atoms with E-state index in [0.717, 1.165) is 39.5 Å². The van der Waals surface area contributed by atoms with Gasteiger partial charge in [-0.15, -0.1) is 0 Å². The van der Waals surface area contributed by atoms with E-state index in [2.05, 4.69) is 184 Å². The highest BCUT2D eigenvalue weighted by atomic mass is 15.2. The van der Waals surface area contributed by atoms with Crippen molar-refractivity contribution in [2.24, 2.45) is 0 Å². The van der Waals surface area contributed by atoms with Gasteiger partial charge in [0.05, 0.1) is 50.2 Å². The van der Waals surface area contributed by atoms with Crippen molar-refractivity contribution in [1.29, 1.82) is 0 Å². The summed E-state index contributed by atoms with van der Waals surface area (Å²) in [6, 6.07) is 60.6. The van der Waals surface area contributed by atoms with E-state index in [1.807, 2.05) is 0 Å². The predicted molar refractivity (Wildman–Crippen MR) is 195 cm³/mol. The van der Waals surface area contributed by atoms with Crippen LogP contribution < -0.4 is 0 Å². The van der Waals surface area contributed by atoms with Crippen LogP contribution in [0.4, 0.5) is 0 Å². The maximum Gasteiger partial charge on any atom is 0.145 e. The van der Waals surface area contributed by atoms with Crippen molar-refractivity contribution in [2.75, 3.05) is 0 Å². The molecule has 0 atom stereocenters. The van der Waals surface area contributed by atoms with E-state index >= 15 is 0 Å². The first kappa shape index (κ1) is 25.9. The summed E-state index contributed by atoms with van der Waals surface area (Å²) in [4.78, 5) is 5.30. The molecule has 7 aromatic carbocycles. The SMILES string of the molecule is c1ccc(-c2nc3ccccc3n2-c2c(-n3c4ccccc4c4ccccc43)cccc2-n2c3ccccc3c3ccccc32)cc1. The Morgan fingerprint density at radius 3 is 1.21 bits per heavy atom. The minimum absolute atomic E-state index is 0.905. The van der Waals surface area contributed by atoms with Crippen LogP contribution in [0, 0.1) is 0 Å². The van der Waals surface area contributed by atoms with Crippen LogP contribution in [0.3, 0.4) is 0 Å². The van der Waals surface area contributed by atoms with E-state index in [0.29, 0.717) is 0 Å². The van der Waals surface area contributed by atoms with Gasteiger partial charge in [0.25, 0.3) is 0 Å². The lowest BCUT2D eigenvalue weighted by Crippen LogP contribution is -2.10. The fourth-order valence-corrected chi connectivity index (χ4v) is 7.51. The molecule has 0 fully saturated rings. The number of nitrogens with zero attached hydrogens (tertiary/aromatic N) is 4. The minimum atomic E-state index is 0.905. The monoisotopic (exact) mass is 600 g/mol. The molecule has 0 bridgehead atoms. The lowest BCUT2D eigenvalue weighted by atomic mass is 10.1. The van der Waals surface area contributed by atoms with Gasteiger partial charge >= 0.3 is 0 Å². The molecule has 0 saturated heterocycles. The van der Waals surface area contributed by atoms with Crippen molar-refractivity contribution in [3.05, 3.63) is 170 Å². The Balaban J connectivity index is 1.44. The summed E-state index contributed by atoms with van der Waals surface area (Å²) in [7, 11) is 0. The van der Waals surface area contributed by atoms with E-state index in [1.165, 1.54) is 43.6 Å². The first-order valence-electron chi connectivity index (χ1n) is 16.0. The van der Waals surface area contributed by atoms with Gasteiger partial charge < -0.3 is 9.13 Å². The van der Waals surface area contributed by atoms with E-state index in [4.69, 9.17) is 4.98 Å². The third-order valence-electron chi connectivity index (χ3n) is 9.45. The molecular weight excluding hydrogens is 573 g/mol. The third kappa shape index (κ3) is 3.73. The Morgan fingerprint density at radius 1 is 0.319 bits per heavy atom. The Labute approximate surface area is 271 Å². The zero-order valence-corrected chi connectivity index (χ0v) is 25.5. The number of imidazole rings is 1. The van der Waals surface area contributed by atoms with E-state index in [-0.39, 0.29) is 0 Å². The highest BCUT2D eigenvalue weighted by Crippen LogP contribution is 2.41. The quantitative estimate of drug-likeness (QED) is 0.197. The molecule has 4 nitrogen and oxygen atoms in total. The van der Waals surface area contributed by atoms with Gasteiger partial charge in [0.1, 0.15) is 5.82 Å². The molecule has 4 heteroatoms. The predicted octanol–water partition coefficient (Wildman–Crippen LogP) is 10.9. The van der Waals surface area contributed by atoms with Crippen molar-refractivity contribution in [3.63, 3.8) is 0 Å². The van der Waals surface area contributed by atoms with Gasteiger partial charge in [-0.3, -0.25) is 4.57 Å². The fourth-order valence-electron chi connectivity index (χ4n) is 7.51. The molecule has 0 aliphatic carbocycles. The van der Waals surface area contributed by atoms with Gasteiger partial charge in [-0.1, -0.05) is 121 Å². The molecule has 0 spiro atoms. The maximum absolute atomic E-state index is 5.30. The summed E-state index contributed by atoms with van der Waals surface area (Å²) >= 11 is 0. The second-order valence-corrected chi connectivity index (χ2v) is 12.0. The molecule has 0 radical (unpaired) electrons. The molecule has 3 heterocycles. The van der Waals surface area contributed by atoms with Crippen LogP contribution in [0.1, 0.15) is 0 Å². The van der Waals surface area contributed by atoms with Crippen molar-refractivity contribution in [1.82, 2.24) is 18.7 Å². The largest absolute Gasteiger partial charge is 0.307 e.